The summed E-state index contributed by atoms with van der Waals surface area (Å²) in [5.41, 5.74) is 12.3. The second-order valence-corrected chi connectivity index (χ2v) is 14.0. The third-order valence-electron chi connectivity index (χ3n) is 10.7. The average molecular weight is 717 g/mol. The molecule has 3 heterocycles. The van der Waals surface area contributed by atoms with E-state index in [1.54, 1.807) is 0 Å². The Labute approximate surface area is 322 Å². The summed E-state index contributed by atoms with van der Waals surface area (Å²) in [6.07, 6.45) is 0. The molecule has 11 aromatic rings. The van der Waals surface area contributed by atoms with Crippen molar-refractivity contribution in [3.05, 3.63) is 194 Å². The topological polar surface area (TPSA) is 56.7 Å². The summed E-state index contributed by atoms with van der Waals surface area (Å²) < 4.78 is 8.82. The number of aromatic nitrogens is 4. The van der Waals surface area contributed by atoms with Gasteiger partial charge in [0.25, 0.3) is 0 Å². The SMILES string of the molecule is c1ccc(-c2nc(-c3ccccc3)nc(-c3cccc4c5ccccc5n(-c5ccc6oc7ccc(-c8ccccc8-c8ccccc8)cc7c6c5)c34)n2)cc1. The number of hydrogen-bond acceptors (Lipinski definition) is 4. The lowest BCUT2D eigenvalue weighted by molar-refractivity contribution is 0.669. The maximum absolute atomic E-state index is 6.47. The molecule has 0 saturated carbocycles. The van der Waals surface area contributed by atoms with Gasteiger partial charge >= 0.3 is 0 Å². The predicted octanol–water partition coefficient (Wildman–Crippen LogP) is 13.2. The van der Waals surface area contributed by atoms with Crippen molar-refractivity contribution in [3.63, 3.8) is 0 Å². The molecular weight excluding hydrogens is 685 g/mol. The van der Waals surface area contributed by atoms with E-state index < -0.39 is 0 Å². The van der Waals surface area contributed by atoms with Crippen LogP contribution in [0.3, 0.4) is 0 Å². The van der Waals surface area contributed by atoms with Gasteiger partial charge < -0.3 is 8.98 Å². The number of furan rings is 1. The normalized spacial score (nSPS) is 11.6. The third-order valence-corrected chi connectivity index (χ3v) is 10.7. The minimum absolute atomic E-state index is 0.615. The molecule has 3 aromatic heterocycles. The van der Waals surface area contributed by atoms with Crippen molar-refractivity contribution in [1.29, 1.82) is 0 Å². The molecule has 0 aliphatic rings. The van der Waals surface area contributed by atoms with E-state index >= 15 is 0 Å². The summed E-state index contributed by atoms with van der Waals surface area (Å²) in [5, 5.41) is 4.40. The fourth-order valence-electron chi connectivity index (χ4n) is 8.07. The molecule has 0 bridgehead atoms. The van der Waals surface area contributed by atoms with Crippen molar-refractivity contribution in [2.45, 2.75) is 0 Å². The van der Waals surface area contributed by atoms with Crippen LogP contribution in [0.4, 0.5) is 0 Å². The van der Waals surface area contributed by atoms with Gasteiger partial charge in [-0.25, -0.2) is 15.0 Å². The van der Waals surface area contributed by atoms with Gasteiger partial charge in [-0.1, -0.05) is 152 Å². The number of nitrogens with zero attached hydrogens (tertiary/aromatic N) is 4. The van der Waals surface area contributed by atoms with Crippen molar-refractivity contribution in [2.75, 3.05) is 0 Å². The molecule has 262 valence electrons. The van der Waals surface area contributed by atoms with Gasteiger partial charge in [0.2, 0.25) is 0 Å². The number of benzene rings is 8. The lowest BCUT2D eigenvalue weighted by Gasteiger charge is -2.13. The highest BCUT2D eigenvalue weighted by atomic mass is 16.3. The largest absolute Gasteiger partial charge is 0.456 e. The first-order valence-corrected chi connectivity index (χ1v) is 18.8. The molecule has 0 spiro atoms. The second kappa shape index (κ2) is 13.0. The minimum atomic E-state index is 0.615. The van der Waals surface area contributed by atoms with E-state index in [1.165, 1.54) is 16.7 Å². The lowest BCUT2D eigenvalue weighted by atomic mass is 9.94. The molecule has 0 radical (unpaired) electrons. The zero-order chi connectivity index (χ0) is 37.0. The molecule has 8 aromatic carbocycles. The first-order chi connectivity index (χ1) is 27.8. The Balaban J connectivity index is 1.14. The van der Waals surface area contributed by atoms with Crippen LogP contribution in [-0.2, 0) is 0 Å². The summed E-state index contributed by atoms with van der Waals surface area (Å²) >= 11 is 0. The van der Waals surface area contributed by atoms with E-state index in [1.807, 2.05) is 60.7 Å². The monoisotopic (exact) mass is 716 g/mol. The maximum atomic E-state index is 6.47. The number of hydrogen-bond donors (Lipinski definition) is 0. The van der Waals surface area contributed by atoms with Gasteiger partial charge in [0.1, 0.15) is 11.2 Å². The van der Waals surface area contributed by atoms with E-state index in [4.69, 9.17) is 19.4 Å². The highest BCUT2D eigenvalue weighted by molar-refractivity contribution is 6.14. The van der Waals surface area contributed by atoms with Crippen molar-refractivity contribution in [2.24, 2.45) is 0 Å². The molecule has 11 rings (SSSR count). The summed E-state index contributed by atoms with van der Waals surface area (Å²) in [6, 6.07) is 67.4. The molecule has 0 saturated heterocycles. The van der Waals surface area contributed by atoms with Crippen LogP contribution in [-0.4, -0.2) is 19.5 Å². The van der Waals surface area contributed by atoms with Gasteiger partial charge in [-0.15, -0.1) is 0 Å². The fraction of sp³-hybridized carbons (Fsp3) is 0. The van der Waals surface area contributed by atoms with Gasteiger partial charge in [0.05, 0.1) is 11.0 Å². The third kappa shape index (κ3) is 5.29. The van der Waals surface area contributed by atoms with E-state index in [9.17, 15) is 0 Å². The number of rotatable bonds is 6. The van der Waals surface area contributed by atoms with Gasteiger partial charge in [0.15, 0.2) is 17.5 Å². The average Bonchev–Trinajstić information content (AvgIpc) is 3.82. The van der Waals surface area contributed by atoms with Gasteiger partial charge in [-0.3, -0.25) is 0 Å². The Hall–Kier alpha value is -7.63. The second-order valence-electron chi connectivity index (χ2n) is 14.0. The molecule has 5 nitrogen and oxygen atoms in total. The molecular formula is C51H32N4O. The standard InChI is InChI=1S/C51H32N4O/c1-4-15-33(16-5-1)38-21-10-11-22-39(38)36-27-29-46-43(31-36)44-32-37(28-30-47(44)56-46)55-45-26-13-12-23-40(45)41-24-14-25-42(48(41)55)51-53-49(34-17-6-2-7-18-34)52-50(54-51)35-19-8-3-9-20-35/h1-32H. The molecule has 0 aliphatic carbocycles. The highest BCUT2D eigenvalue weighted by Gasteiger charge is 2.21. The molecule has 0 atom stereocenters. The van der Waals surface area contributed by atoms with E-state index in [0.29, 0.717) is 17.5 Å². The van der Waals surface area contributed by atoms with Crippen LogP contribution < -0.4 is 0 Å². The van der Waals surface area contributed by atoms with Crippen LogP contribution in [0.2, 0.25) is 0 Å². The van der Waals surface area contributed by atoms with Gasteiger partial charge in [-0.05, 0) is 64.7 Å². The molecule has 0 amide bonds. The minimum Gasteiger partial charge on any atom is -0.456 e. The summed E-state index contributed by atoms with van der Waals surface area (Å²) in [4.78, 5) is 15.3. The van der Waals surface area contributed by atoms with Crippen LogP contribution in [0.15, 0.2) is 199 Å². The summed E-state index contributed by atoms with van der Waals surface area (Å²) in [6.45, 7) is 0. The van der Waals surface area contributed by atoms with Crippen LogP contribution >= 0.6 is 0 Å². The van der Waals surface area contributed by atoms with E-state index in [0.717, 1.165) is 71.7 Å². The Morgan fingerprint density at radius 1 is 0.339 bits per heavy atom. The molecule has 0 N–H and O–H groups in total. The lowest BCUT2D eigenvalue weighted by Crippen LogP contribution is -2.02. The van der Waals surface area contributed by atoms with Crippen LogP contribution in [0.5, 0.6) is 0 Å². The Morgan fingerprint density at radius 2 is 0.857 bits per heavy atom. The maximum Gasteiger partial charge on any atom is 0.166 e. The van der Waals surface area contributed by atoms with Crippen LogP contribution in [0.25, 0.3) is 106 Å². The fourth-order valence-corrected chi connectivity index (χ4v) is 8.07. The molecule has 0 fully saturated rings. The van der Waals surface area contributed by atoms with Gasteiger partial charge in [0, 0.05) is 43.9 Å². The van der Waals surface area contributed by atoms with E-state index in [-0.39, 0.29) is 0 Å². The molecule has 5 heteroatoms. The summed E-state index contributed by atoms with van der Waals surface area (Å²) in [7, 11) is 0. The van der Waals surface area contributed by atoms with E-state index in [2.05, 4.69) is 138 Å². The molecule has 0 unspecified atom stereocenters. The number of fused-ring (bicyclic) bond motifs is 6. The zero-order valence-electron chi connectivity index (χ0n) is 30.2. The first-order valence-electron chi connectivity index (χ1n) is 18.8. The molecule has 56 heavy (non-hydrogen) atoms. The Bertz CT molecular complexity index is 3180. The van der Waals surface area contributed by atoms with Crippen molar-refractivity contribution >= 4 is 43.7 Å². The van der Waals surface area contributed by atoms with Gasteiger partial charge in [-0.2, -0.15) is 0 Å². The zero-order valence-corrected chi connectivity index (χ0v) is 30.2. The van der Waals surface area contributed by atoms with Crippen molar-refractivity contribution in [3.8, 4) is 62.1 Å². The van der Waals surface area contributed by atoms with Crippen molar-refractivity contribution in [1.82, 2.24) is 19.5 Å². The van der Waals surface area contributed by atoms with Crippen molar-refractivity contribution < 1.29 is 4.42 Å². The highest BCUT2D eigenvalue weighted by Crippen LogP contribution is 2.41. The Kier molecular flexibility index (Phi) is 7.42. The summed E-state index contributed by atoms with van der Waals surface area (Å²) in [5.74, 6) is 1.87. The Morgan fingerprint density at radius 3 is 1.55 bits per heavy atom. The smallest absolute Gasteiger partial charge is 0.166 e. The number of para-hydroxylation sites is 2. The van der Waals surface area contributed by atoms with Crippen LogP contribution in [0, 0.1) is 0 Å². The van der Waals surface area contributed by atoms with Crippen LogP contribution in [0.1, 0.15) is 0 Å². The molecule has 0 aliphatic heterocycles. The first kappa shape index (κ1) is 31.9. The predicted molar refractivity (Wildman–Crippen MR) is 229 cm³/mol. The quantitative estimate of drug-likeness (QED) is 0.172.